The molecule has 2 N–H and O–H groups in total. The molecule has 1 amide bonds. The molecule has 9 heteroatoms. The quantitative estimate of drug-likeness (QED) is 0.261. The van der Waals surface area contributed by atoms with E-state index in [0.29, 0.717) is 10.6 Å². The van der Waals surface area contributed by atoms with E-state index >= 15 is 0 Å². The standard InChI is InChI=1S/C19H15ClN2O6/c20-13-5-1-11(2-6-13)16-15(18(25)19(26)21(16)9-10-23)17(24)12-3-7-14(8-4-12)22(27)28/h1-8,16,23-24H,9-10H2/b17-15+/t16-/m0/s1. The molecule has 28 heavy (non-hydrogen) atoms. The Labute approximate surface area is 164 Å². The molecule has 8 nitrogen and oxygen atoms in total. The Balaban J connectivity index is 2.14. The van der Waals surface area contributed by atoms with Crippen molar-refractivity contribution in [3.05, 3.63) is 80.4 Å². The number of nitrogens with zero attached hydrogens (tertiary/aromatic N) is 2. The van der Waals surface area contributed by atoms with Gasteiger partial charge in [0.1, 0.15) is 5.76 Å². The van der Waals surface area contributed by atoms with Gasteiger partial charge in [-0.15, -0.1) is 0 Å². The fraction of sp³-hybridized carbons (Fsp3) is 0.158. The molecule has 1 aliphatic rings. The normalized spacial score (nSPS) is 18.5. The summed E-state index contributed by atoms with van der Waals surface area (Å²) >= 11 is 5.90. The van der Waals surface area contributed by atoms with Crippen LogP contribution in [0.5, 0.6) is 0 Å². The first-order chi connectivity index (χ1) is 13.3. The van der Waals surface area contributed by atoms with E-state index in [2.05, 4.69) is 0 Å². The molecule has 1 aliphatic heterocycles. The maximum atomic E-state index is 12.6. The zero-order valence-electron chi connectivity index (χ0n) is 14.4. The number of Topliss-reactive ketones (excluding diaryl/α,β-unsaturated/α-hetero) is 1. The molecule has 2 aromatic carbocycles. The third-order valence-corrected chi connectivity index (χ3v) is 4.67. The molecule has 2 aromatic rings. The van der Waals surface area contributed by atoms with Crippen molar-refractivity contribution in [3.63, 3.8) is 0 Å². The van der Waals surface area contributed by atoms with Gasteiger partial charge in [0.05, 0.1) is 23.1 Å². The van der Waals surface area contributed by atoms with E-state index in [1.54, 1.807) is 24.3 Å². The molecule has 0 radical (unpaired) electrons. The van der Waals surface area contributed by atoms with Crippen LogP contribution in [0.15, 0.2) is 54.1 Å². The highest BCUT2D eigenvalue weighted by Gasteiger charge is 2.45. The smallest absolute Gasteiger partial charge is 0.295 e. The second-order valence-corrected chi connectivity index (χ2v) is 6.51. The summed E-state index contributed by atoms with van der Waals surface area (Å²) in [6.07, 6.45) is 0. The fourth-order valence-corrected chi connectivity index (χ4v) is 3.23. The minimum absolute atomic E-state index is 0.102. The zero-order valence-corrected chi connectivity index (χ0v) is 15.2. The molecule has 3 rings (SSSR count). The fourth-order valence-electron chi connectivity index (χ4n) is 3.11. The highest BCUT2D eigenvalue weighted by atomic mass is 35.5. The summed E-state index contributed by atoms with van der Waals surface area (Å²) in [6.45, 7) is -0.469. The number of nitro groups is 1. The third-order valence-electron chi connectivity index (χ3n) is 4.42. The van der Waals surface area contributed by atoms with Crippen molar-refractivity contribution in [2.24, 2.45) is 0 Å². The first-order valence-electron chi connectivity index (χ1n) is 8.24. The van der Waals surface area contributed by atoms with Crippen molar-refractivity contribution < 1.29 is 24.7 Å². The molecule has 1 saturated heterocycles. The van der Waals surface area contributed by atoms with E-state index in [-0.39, 0.29) is 30.0 Å². The van der Waals surface area contributed by atoms with Gasteiger partial charge in [-0.2, -0.15) is 0 Å². The number of hydrogen-bond donors (Lipinski definition) is 2. The Kier molecular flexibility index (Phi) is 5.43. The van der Waals surface area contributed by atoms with Crippen LogP contribution >= 0.6 is 11.6 Å². The Bertz CT molecular complexity index is 969. The molecule has 0 unspecified atom stereocenters. The van der Waals surface area contributed by atoms with Crippen molar-refractivity contribution in [1.29, 1.82) is 0 Å². The lowest BCUT2D eigenvalue weighted by atomic mass is 9.95. The van der Waals surface area contributed by atoms with Gasteiger partial charge < -0.3 is 15.1 Å². The van der Waals surface area contributed by atoms with Gasteiger partial charge in [0.15, 0.2) is 0 Å². The number of aliphatic hydroxyl groups excluding tert-OH is 2. The molecular formula is C19H15ClN2O6. The minimum atomic E-state index is -0.917. The third kappa shape index (κ3) is 3.47. The SMILES string of the molecule is O=C1C(=O)N(CCO)[C@@H](c2ccc(Cl)cc2)/C1=C(\O)c1ccc([N+](=O)[O-])cc1. The van der Waals surface area contributed by atoms with E-state index in [1.165, 1.54) is 29.2 Å². The van der Waals surface area contributed by atoms with Gasteiger partial charge in [0, 0.05) is 29.3 Å². The number of carbonyl (C=O) groups is 2. The van der Waals surface area contributed by atoms with Crippen LogP contribution in [0.1, 0.15) is 17.2 Å². The summed E-state index contributed by atoms with van der Waals surface area (Å²) < 4.78 is 0. The first kappa shape index (κ1) is 19.5. The van der Waals surface area contributed by atoms with E-state index in [4.69, 9.17) is 11.6 Å². The van der Waals surface area contributed by atoms with Gasteiger partial charge in [-0.05, 0) is 29.8 Å². The maximum Gasteiger partial charge on any atom is 0.295 e. The van der Waals surface area contributed by atoms with Crippen molar-refractivity contribution >= 4 is 34.7 Å². The predicted molar refractivity (Wildman–Crippen MR) is 101 cm³/mol. The number of non-ortho nitro benzene ring substituents is 1. The summed E-state index contributed by atoms with van der Waals surface area (Å²) in [7, 11) is 0. The number of aliphatic hydroxyl groups is 2. The molecule has 1 atom stereocenters. The number of rotatable bonds is 5. The van der Waals surface area contributed by atoms with Crippen LogP contribution in [0.25, 0.3) is 5.76 Å². The van der Waals surface area contributed by atoms with Crippen LogP contribution in [-0.2, 0) is 9.59 Å². The summed E-state index contributed by atoms with van der Waals surface area (Å²) in [4.78, 5) is 36.4. The summed E-state index contributed by atoms with van der Waals surface area (Å²) in [5, 5.41) is 31.3. The lowest BCUT2D eigenvalue weighted by Crippen LogP contribution is -2.32. The van der Waals surface area contributed by atoms with Crippen molar-refractivity contribution in [1.82, 2.24) is 4.90 Å². The minimum Gasteiger partial charge on any atom is -0.507 e. The number of benzene rings is 2. The van der Waals surface area contributed by atoms with Crippen LogP contribution in [0, 0.1) is 10.1 Å². The summed E-state index contributed by atoms with van der Waals surface area (Å²) in [5.74, 6) is -2.20. The topological polar surface area (TPSA) is 121 Å². The maximum absolute atomic E-state index is 12.6. The Morgan fingerprint density at radius 3 is 2.25 bits per heavy atom. The van der Waals surface area contributed by atoms with Crippen LogP contribution in [0.4, 0.5) is 5.69 Å². The molecule has 144 valence electrons. The van der Waals surface area contributed by atoms with Crippen LogP contribution in [0.3, 0.4) is 0 Å². The predicted octanol–water partition coefficient (Wildman–Crippen LogP) is 2.66. The van der Waals surface area contributed by atoms with Crippen LogP contribution in [0.2, 0.25) is 5.02 Å². The highest BCUT2D eigenvalue weighted by molar-refractivity contribution is 6.46. The number of halogens is 1. The molecule has 0 saturated carbocycles. The molecule has 0 spiro atoms. The number of nitro benzene ring substituents is 1. The zero-order chi connectivity index (χ0) is 20.4. The molecule has 1 heterocycles. The number of hydrogen-bond acceptors (Lipinski definition) is 6. The molecule has 1 fully saturated rings. The number of β-amino-alcohol motifs (C(OH)–C–C–N with tert-alkyl or cyclic N) is 1. The average Bonchev–Trinajstić information content (AvgIpc) is 2.93. The van der Waals surface area contributed by atoms with Crippen molar-refractivity contribution in [3.8, 4) is 0 Å². The van der Waals surface area contributed by atoms with E-state index in [9.17, 15) is 29.9 Å². The second kappa shape index (κ2) is 7.79. The number of ketones is 1. The van der Waals surface area contributed by atoms with E-state index < -0.39 is 28.4 Å². The van der Waals surface area contributed by atoms with E-state index in [1.807, 2.05) is 0 Å². The van der Waals surface area contributed by atoms with Crippen LogP contribution < -0.4 is 0 Å². The number of amides is 1. The Hall–Kier alpha value is -3.23. The van der Waals surface area contributed by atoms with Gasteiger partial charge in [-0.25, -0.2) is 0 Å². The number of likely N-dealkylation sites (tertiary alicyclic amines) is 1. The van der Waals surface area contributed by atoms with Gasteiger partial charge >= 0.3 is 0 Å². The lowest BCUT2D eigenvalue weighted by molar-refractivity contribution is -0.384. The van der Waals surface area contributed by atoms with Crippen LogP contribution in [-0.4, -0.2) is 44.9 Å². The highest BCUT2D eigenvalue weighted by Crippen LogP contribution is 2.39. The Morgan fingerprint density at radius 2 is 1.71 bits per heavy atom. The second-order valence-electron chi connectivity index (χ2n) is 6.07. The average molecular weight is 403 g/mol. The first-order valence-corrected chi connectivity index (χ1v) is 8.62. The lowest BCUT2D eigenvalue weighted by Gasteiger charge is -2.24. The molecule has 0 bridgehead atoms. The Morgan fingerprint density at radius 1 is 1.11 bits per heavy atom. The molecule has 0 aromatic heterocycles. The summed E-state index contributed by atoms with van der Waals surface area (Å²) in [5.41, 5.74) is 0.355. The summed E-state index contributed by atoms with van der Waals surface area (Å²) in [6, 6.07) is 10.5. The van der Waals surface area contributed by atoms with Crippen molar-refractivity contribution in [2.75, 3.05) is 13.2 Å². The number of carbonyl (C=O) groups excluding carboxylic acids is 2. The van der Waals surface area contributed by atoms with Crippen molar-refractivity contribution in [2.45, 2.75) is 6.04 Å². The van der Waals surface area contributed by atoms with Gasteiger partial charge in [0.2, 0.25) is 0 Å². The molecular weight excluding hydrogens is 388 g/mol. The van der Waals surface area contributed by atoms with Gasteiger partial charge in [-0.1, -0.05) is 23.7 Å². The van der Waals surface area contributed by atoms with E-state index in [0.717, 1.165) is 0 Å². The van der Waals surface area contributed by atoms with Gasteiger partial charge in [0.25, 0.3) is 17.4 Å². The van der Waals surface area contributed by atoms with Gasteiger partial charge in [-0.3, -0.25) is 19.7 Å². The largest absolute Gasteiger partial charge is 0.507 e. The monoisotopic (exact) mass is 402 g/mol. The molecule has 0 aliphatic carbocycles.